The Balaban J connectivity index is 1.54. The molecule has 2 aliphatic heterocycles. The van der Waals surface area contributed by atoms with Gasteiger partial charge >= 0.3 is 6.16 Å². The van der Waals surface area contributed by atoms with E-state index in [1.165, 1.54) is 11.3 Å². The molecule has 1 amide bonds. The molecular formula is C15H17NO5S. The van der Waals surface area contributed by atoms with Crippen molar-refractivity contribution < 1.29 is 24.2 Å². The lowest BCUT2D eigenvalue weighted by molar-refractivity contribution is -0.129. The zero-order chi connectivity index (χ0) is 15.6. The number of piperidine rings is 1. The summed E-state index contributed by atoms with van der Waals surface area (Å²) in [7, 11) is 0. The third-order valence-corrected chi connectivity index (χ3v) is 4.93. The number of likely N-dealkylation sites (tertiary alicyclic amines) is 1. The number of ether oxygens (including phenoxy) is 2. The summed E-state index contributed by atoms with van der Waals surface area (Å²) in [5.41, 5.74) is 0.307. The molecule has 0 atom stereocenters. The summed E-state index contributed by atoms with van der Waals surface area (Å²) < 4.78 is 10.1. The van der Waals surface area contributed by atoms with Gasteiger partial charge in [-0.05, 0) is 23.1 Å². The van der Waals surface area contributed by atoms with Crippen LogP contribution in [0.5, 0.6) is 0 Å². The quantitative estimate of drug-likeness (QED) is 0.678. The van der Waals surface area contributed by atoms with Crippen LogP contribution in [0.4, 0.5) is 4.79 Å². The summed E-state index contributed by atoms with van der Waals surface area (Å²) in [5.74, 6) is -0.0564. The van der Waals surface area contributed by atoms with Crippen molar-refractivity contribution in [3.05, 3.63) is 28.0 Å². The zero-order valence-electron chi connectivity index (χ0n) is 12.0. The number of carbonyl (C=O) groups is 2. The van der Waals surface area contributed by atoms with Gasteiger partial charge in [-0.2, -0.15) is 0 Å². The first kappa shape index (κ1) is 15.1. The van der Waals surface area contributed by atoms with E-state index < -0.39 is 11.8 Å². The summed E-state index contributed by atoms with van der Waals surface area (Å²) in [6.07, 6.45) is 3.90. The molecule has 1 spiro atoms. The number of aliphatic hydroxyl groups is 1. The molecule has 3 rings (SSSR count). The van der Waals surface area contributed by atoms with E-state index in [1.807, 2.05) is 11.4 Å². The Morgan fingerprint density at radius 3 is 2.82 bits per heavy atom. The Morgan fingerprint density at radius 1 is 1.45 bits per heavy atom. The van der Waals surface area contributed by atoms with Crippen LogP contribution in [-0.4, -0.2) is 47.4 Å². The highest BCUT2D eigenvalue weighted by Crippen LogP contribution is 2.31. The van der Waals surface area contributed by atoms with Crippen LogP contribution in [0.25, 0.3) is 6.08 Å². The van der Waals surface area contributed by atoms with Gasteiger partial charge in [0.2, 0.25) is 5.91 Å². The standard InChI is InChI=1S/C15H17NO5S/c17-8-11-7-12(22-9-11)1-2-13(18)16-5-3-15(4-6-16)10-20-14(19)21-15/h1-2,7,9,17H,3-6,8,10H2. The van der Waals surface area contributed by atoms with E-state index in [0.29, 0.717) is 25.9 Å². The number of rotatable bonds is 3. The molecule has 0 radical (unpaired) electrons. The van der Waals surface area contributed by atoms with Crippen LogP contribution in [0.2, 0.25) is 0 Å². The van der Waals surface area contributed by atoms with Gasteiger partial charge in [0.25, 0.3) is 0 Å². The molecule has 0 aliphatic carbocycles. The maximum atomic E-state index is 12.2. The van der Waals surface area contributed by atoms with Crippen molar-refractivity contribution in [3.8, 4) is 0 Å². The van der Waals surface area contributed by atoms with E-state index in [-0.39, 0.29) is 19.1 Å². The van der Waals surface area contributed by atoms with Gasteiger partial charge in [-0.3, -0.25) is 4.79 Å². The van der Waals surface area contributed by atoms with Crippen molar-refractivity contribution in [3.63, 3.8) is 0 Å². The van der Waals surface area contributed by atoms with E-state index >= 15 is 0 Å². The lowest BCUT2D eigenvalue weighted by Gasteiger charge is -2.35. The van der Waals surface area contributed by atoms with E-state index in [4.69, 9.17) is 14.6 Å². The number of hydrogen-bond acceptors (Lipinski definition) is 6. The van der Waals surface area contributed by atoms with Crippen LogP contribution >= 0.6 is 11.3 Å². The molecule has 1 N–H and O–H groups in total. The van der Waals surface area contributed by atoms with Gasteiger partial charge in [-0.1, -0.05) is 0 Å². The van der Waals surface area contributed by atoms with Crippen LogP contribution in [-0.2, 0) is 20.9 Å². The molecule has 0 bridgehead atoms. The number of cyclic esters (lactones) is 1. The van der Waals surface area contributed by atoms with Crippen molar-refractivity contribution in [2.75, 3.05) is 19.7 Å². The van der Waals surface area contributed by atoms with Crippen molar-refractivity contribution >= 4 is 29.5 Å². The van der Waals surface area contributed by atoms with Crippen LogP contribution < -0.4 is 0 Å². The normalized spacial score (nSPS) is 20.4. The predicted molar refractivity (Wildman–Crippen MR) is 80.3 cm³/mol. The molecule has 1 aromatic rings. The fraction of sp³-hybridized carbons (Fsp3) is 0.467. The molecule has 2 saturated heterocycles. The van der Waals surface area contributed by atoms with Crippen LogP contribution in [0.15, 0.2) is 17.5 Å². The number of nitrogens with zero attached hydrogens (tertiary/aromatic N) is 1. The molecule has 2 aliphatic rings. The molecule has 3 heterocycles. The molecular weight excluding hydrogens is 306 g/mol. The number of aliphatic hydroxyl groups excluding tert-OH is 1. The van der Waals surface area contributed by atoms with Crippen molar-refractivity contribution in [2.45, 2.75) is 25.0 Å². The summed E-state index contributed by atoms with van der Waals surface area (Å²) in [5, 5.41) is 10.9. The first-order valence-corrected chi connectivity index (χ1v) is 7.99. The third kappa shape index (κ3) is 3.15. The van der Waals surface area contributed by atoms with E-state index in [0.717, 1.165) is 10.4 Å². The predicted octanol–water partition coefficient (Wildman–Crippen LogP) is 1.78. The Morgan fingerprint density at radius 2 is 2.23 bits per heavy atom. The average Bonchev–Trinajstić information content (AvgIpc) is 3.13. The van der Waals surface area contributed by atoms with Gasteiger partial charge < -0.3 is 19.5 Å². The van der Waals surface area contributed by atoms with Gasteiger partial charge in [0.15, 0.2) is 5.60 Å². The zero-order valence-corrected chi connectivity index (χ0v) is 12.8. The lowest BCUT2D eigenvalue weighted by atomic mass is 9.92. The van der Waals surface area contributed by atoms with Gasteiger partial charge in [0, 0.05) is 36.9 Å². The SMILES string of the molecule is O=C1OCC2(CCN(C(=O)C=Cc3cc(CO)cs3)CC2)O1. The minimum absolute atomic E-state index is 0.00723. The number of hydrogen-bond donors (Lipinski definition) is 1. The number of amides is 1. The van der Waals surface area contributed by atoms with Gasteiger partial charge in [0.05, 0.1) is 6.61 Å². The number of thiophene rings is 1. The number of carbonyl (C=O) groups excluding carboxylic acids is 2. The molecule has 7 heteroatoms. The summed E-state index contributed by atoms with van der Waals surface area (Å²) in [4.78, 5) is 25.9. The van der Waals surface area contributed by atoms with Crippen molar-refractivity contribution in [1.29, 1.82) is 0 Å². The molecule has 1 aromatic heterocycles. The van der Waals surface area contributed by atoms with Crippen LogP contribution in [0, 0.1) is 0 Å². The second kappa shape index (κ2) is 6.10. The van der Waals surface area contributed by atoms with E-state index in [9.17, 15) is 9.59 Å². The second-order valence-corrected chi connectivity index (χ2v) is 6.44. The Labute approximate surface area is 131 Å². The fourth-order valence-electron chi connectivity index (χ4n) is 2.63. The minimum atomic E-state index is -0.614. The second-order valence-electron chi connectivity index (χ2n) is 5.50. The summed E-state index contributed by atoms with van der Waals surface area (Å²) in [6.45, 7) is 1.38. The fourth-order valence-corrected chi connectivity index (χ4v) is 3.43. The minimum Gasteiger partial charge on any atom is -0.430 e. The lowest BCUT2D eigenvalue weighted by Crippen LogP contribution is -2.47. The van der Waals surface area contributed by atoms with Gasteiger partial charge in [-0.15, -0.1) is 11.3 Å². The van der Waals surface area contributed by atoms with E-state index in [2.05, 4.69) is 0 Å². The van der Waals surface area contributed by atoms with Gasteiger partial charge in [-0.25, -0.2) is 4.79 Å². The molecule has 6 nitrogen and oxygen atoms in total. The smallest absolute Gasteiger partial charge is 0.430 e. The van der Waals surface area contributed by atoms with Crippen LogP contribution in [0.1, 0.15) is 23.3 Å². The molecule has 0 unspecified atom stereocenters. The third-order valence-electron chi connectivity index (χ3n) is 3.99. The highest BCUT2D eigenvalue weighted by Gasteiger charge is 2.45. The van der Waals surface area contributed by atoms with Crippen LogP contribution in [0.3, 0.4) is 0 Å². The molecule has 0 saturated carbocycles. The van der Waals surface area contributed by atoms with Crippen molar-refractivity contribution in [2.24, 2.45) is 0 Å². The molecule has 118 valence electrons. The monoisotopic (exact) mass is 323 g/mol. The largest absolute Gasteiger partial charge is 0.509 e. The topological polar surface area (TPSA) is 76.1 Å². The Hall–Kier alpha value is -1.86. The Kier molecular flexibility index (Phi) is 4.17. The first-order valence-electron chi connectivity index (χ1n) is 7.11. The molecule has 0 aromatic carbocycles. The van der Waals surface area contributed by atoms with Gasteiger partial charge in [0.1, 0.15) is 6.61 Å². The average molecular weight is 323 g/mol. The maximum Gasteiger partial charge on any atom is 0.509 e. The highest BCUT2D eigenvalue weighted by atomic mass is 32.1. The molecule has 22 heavy (non-hydrogen) atoms. The highest BCUT2D eigenvalue weighted by molar-refractivity contribution is 7.11. The van der Waals surface area contributed by atoms with Crippen molar-refractivity contribution in [1.82, 2.24) is 4.90 Å². The molecule has 2 fully saturated rings. The first-order chi connectivity index (χ1) is 10.6. The maximum absolute atomic E-state index is 12.2. The Bertz CT molecular complexity index is 601. The van der Waals surface area contributed by atoms with E-state index in [1.54, 1.807) is 17.1 Å². The summed E-state index contributed by atoms with van der Waals surface area (Å²) >= 11 is 1.49. The summed E-state index contributed by atoms with van der Waals surface area (Å²) in [6, 6.07) is 1.86.